The summed E-state index contributed by atoms with van der Waals surface area (Å²) in [5.74, 6) is 0. The second-order valence-electron chi connectivity index (χ2n) is 2.62. The normalized spacial score (nSPS) is 12.9. The fraction of sp³-hybridized carbons (Fsp3) is 0.333. The molecule has 0 aromatic heterocycles. The Morgan fingerprint density at radius 1 is 1.40 bits per heavy atom. The second-order valence-corrected chi connectivity index (χ2v) is 2.62. The van der Waals surface area contributed by atoms with E-state index in [2.05, 4.69) is 13.2 Å². The highest BCUT2D eigenvalue weighted by Crippen LogP contribution is 2.15. The lowest BCUT2D eigenvalue weighted by Crippen LogP contribution is -2.20. The molecule has 0 radical (unpaired) electrons. The minimum atomic E-state index is -0.810. The van der Waals surface area contributed by atoms with Crippen LogP contribution >= 0.6 is 0 Å². The summed E-state index contributed by atoms with van der Waals surface area (Å²) in [4.78, 5) is 0. The van der Waals surface area contributed by atoms with Crippen molar-refractivity contribution < 1.29 is 5.11 Å². The summed E-state index contributed by atoms with van der Waals surface area (Å²) in [6.45, 7) is 10.5. The predicted molar refractivity (Wildman–Crippen MR) is 44.8 cm³/mol. The van der Waals surface area contributed by atoms with Gasteiger partial charge in [0.15, 0.2) is 0 Å². The average Bonchev–Trinajstić information content (AvgIpc) is 1.80. The van der Waals surface area contributed by atoms with Crippen molar-refractivity contribution >= 4 is 0 Å². The third-order valence-electron chi connectivity index (χ3n) is 1.22. The molecule has 56 valence electrons. The second kappa shape index (κ2) is 3.37. The highest BCUT2D eigenvalue weighted by molar-refractivity contribution is 5.28. The number of allylic oxidation sites excluding steroid dienone is 2. The van der Waals surface area contributed by atoms with Gasteiger partial charge in [-0.15, -0.1) is 0 Å². The quantitative estimate of drug-likeness (QED) is 0.592. The van der Waals surface area contributed by atoms with Gasteiger partial charge < -0.3 is 5.11 Å². The van der Waals surface area contributed by atoms with Crippen LogP contribution in [0.25, 0.3) is 0 Å². The minimum Gasteiger partial charge on any atom is -0.386 e. The first-order valence-electron chi connectivity index (χ1n) is 3.20. The molecule has 0 fully saturated rings. The molecule has 0 saturated carbocycles. The third-order valence-corrected chi connectivity index (χ3v) is 1.22. The minimum absolute atomic E-state index is 0.780. The summed E-state index contributed by atoms with van der Waals surface area (Å²) in [5, 5.41) is 9.42. The molecule has 1 N–H and O–H groups in total. The van der Waals surface area contributed by atoms with Crippen LogP contribution in [0.5, 0.6) is 0 Å². The molecule has 0 amide bonds. The molecule has 10 heavy (non-hydrogen) atoms. The van der Waals surface area contributed by atoms with Gasteiger partial charge in [-0.25, -0.2) is 0 Å². The molecule has 0 heterocycles. The van der Waals surface area contributed by atoms with E-state index in [1.165, 1.54) is 0 Å². The lowest BCUT2D eigenvalue weighted by Gasteiger charge is -2.17. The molecule has 0 aromatic carbocycles. The number of rotatable bonds is 3. The van der Waals surface area contributed by atoms with Gasteiger partial charge in [-0.2, -0.15) is 0 Å². The Hall–Kier alpha value is -0.820. The van der Waals surface area contributed by atoms with Crippen LogP contribution in [-0.2, 0) is 0 Å². The molecule has 0 bridgehead atoms. The first kappa shape index (κ1) is 9.18. The van der Waals surface area contributed by atoms with Crippen LogP contribution < -0.4 is 0 Å². The fourth-order valence-electron chi connectivity index (χ4n) is 0.649. The van der Waals surface area contributed by atoms with E-state index in [4.69, 9.17) is 0 Å². The Morgan fingerprint density at radius 3 is 2.00 bits per heavy atom. The van der Waals surface area contributed by atoms with Crippen molar-refractivity contribution in [1.29, 1.82) is 0 Å². The number of hydrogen-bond donors (Lipinski definition) is 1. The van der Waals surface area contributed by atoms with Gasteiger partial charge in [0.2, 0.25) is 0 Å². The van der Waals surface area contributed by atoms with Crippen LogP contribution in [0.15, 0.2) is 37.0 Å². The van der Waals surface area contributed by atoms with E-state index in [9.17, 15) is 5.11 Å². The van der Waals surface area contributed by atoms with E-state index in [1.54, 1.807) is 32.1 Å². The van der Waals surface area contributed by atoms with E-state index < -0.39 is 5.60 Å². The molecule has 0 rings (SSSR count). The largest absolute Gasteiger partial charge is 0.386 e. The highest BCUT2D eigenvalue weighted by Gasteiger charge is 2.14. The van der Waals surface area contributed by atoms with Crippen molar-refractivity contribution in [2.45, 2.75) is 19.4 Å². The predicted octanol–water partition coefficient (Wildman–Crippen LogP) is 2.06. The Balaban J connectivity index is 4.51. The van der Waals surface area contributed by atoms with E-state index in [0.717, 1.165) is 5.57 Å². The molecule has 0 unspecified atom stereocenters. The SMILES string of the molecule is C=C/C=C(\C=C)C(C)(C)O. The lowest BCUT2D eigenvalue weighted by molar-refractivity contribution is 0.124. The van der Waals surface area contributed by atoms with Gasteiger partial charge in [0, 0.05) is 0 Å². The molecule has 0 aliphatic rings. The van der Waals surface area contributed by atoms with Gasteiger partial charge in [-0.05, 0) is 19.4 Å². The van der Waals surface area contributed by atoms with Crippen LogP contribution in [0.1, 0.15) is 13.8 Å². The van der Waals surface area contributed by atoms with E-state index in [-0.39, 0.29) is 0 Å². The van der Waals surface area contributed by atoms with Crippen molar-refractivity contribution in [3.63, 3.8) is 0 Å². The Bertz CT molecular complexity index is 158. The zero-order valence-electron chi connectivity index (χ0n) is 6.59. The van der Waals surface area contributed by atoms with Gasteiger partial charge in [0.05, 0.1) is 5.60 Å². The smallest absolute Gasteiger partial charge is 0.0840 e. The van der Waals surface area contributed by atoms with Gasteiger partial charge in [0.25, 0.3) is 0 Å². The first-order valence-corrected chi connectivity index (χ1v) is 3.20. The van der Waals surface area contributed by atoms with Gasteiger partial charge in [-0.3, -0.25) is 0 Å². The van der Waals surface area contributed by atoms with Crippen LogP contribution in [-0.4, -0.2) is 10.7 Å². The van der Waals surface area contributed by atoms with Crippen molar-refractivity contribution in [3.8, 4) is 0 Å². The van der Waals surface area contributed by atoms with Crippen LogP contribution in [0.4, 0.5) is 0 Å². The zero-order valence-corrected chi connectivity index (χ0v) is 6.59. The van der Waals surface area contributed by atoms with E-state index in [1.807, 2.05) is 0 Å². The molecular formula is C9H14O. The summed E-state index contributed by atoms with van der Waals surface area (Å²) in [6.07, 6.45) is 5.00. The Morgan fingerprint density at radius 2 is 1.90 bits per heavy atom. The molecule has 0 saturated heterocycles. The first-order chi connectivity index (χ1) is 4.52. The van der Waals surface area contributed by atoms with Crippen molar-refractivity contribution in [2.75, 3.05) is 0 Å². The molecule has 1 heteroatoms. The van der Waals surface area contributed by atoms with Gasteiger partial charge in [-0.1, -0.05) is 31.4 Å². The average molecular weight is 138 g/mol. The lowest BCUT2D eigenvalue weighted by atomic mass is 9.98. The topological polar surface area (TPSA) is 20.2 Å². The number of hydrogen-bond acceptors (Lipinski definition) is 1. The molecule has 0 atom stereocenters. The maximum atomic E-state index is 9.42. The van der Waals surface area contributed by atoms with Crippen molar-refractivity contribution in [2.24, 2.45) is 0 Å². The zero-order chi connectivity index (χ0) is 8.20. The highest BCUT2D eigenvalue weighted by atomic mass is 16.3. The van der Waals surface area contributed by atoms with Crippen LogP contribution in [0.3, 0.4) is 0 Å². The fourth-order valence-corrected chi connectivity index (χ4v) is 0.649. The van der Waals surface area contributed by atoms with Crippen molar-refractivity contribution in [1.82, 2.24) is 0 Å². The number of aliphatic hydroxyl groups is 1. The van der Waals surface area contributed by atoms with Gasteiger partial charge in [0.1, 0.15) is 0 Å². The third kappa shape index (κ3) is 2.65. The monoisotopic (exact) mass is 138 g/mol. The maximum Gasteiger partial charge on any atom is 0.0840 e. The summed E-state index contributed by atoms with van der Waals surface area (Å²) >= 11 is 0. The molecule has 0 aliphatic heterocycles. The summed E-state index contributed by atoms with van der Waals surface area (Å²) < 4.78 is 0. The van der Waals surface area contributed by atoms with Crippen LogP contribution in [0.2, 0.25) is 0 Å². The van der Waals surface area contributed by atoms with Crippen molar-refractivity contribution in [3.05, 3.63) is 37.0 Å². The van der Waals surface area contributed by atoms with E-state index in [0.29, 0.717) is 0 Å². The Kier molecular flexibility index (Phi) is 3.10. The van der Waals surface area contributed by atoms with E-state index >= 15 is 0 Å². The molecular weight excluding hydrogens is 124 g/mol. The summed E-state index contributed by atoms with van der Waals surface area (Å²) in [7, 11) is 0. The molecule has 0 aliphatic carbocycles. The summed E-state index contributed by atoms with van der Waals surface area (Å²) in [5.41, 5.74) is -0.0295. The van der Waals surface area contributed by atoms with Crippen LogP contribution in [0, 0.1) is 0 Å². The molecule has 0 spiro atoms. The standard InChI is InChI=1S/C9H14O/c1-5-7-8(6-2)9(3,4)10/h5-7,10H,1-2H2,3-4H3/b8-7+. The van der Waals surface area contributed by atoms with Gasteiger partial charge >= 0.3 is 0 Å². The Labute approximate surface area is 62.4 Å². The maximum absolute atomic E-state index is 9.42. The molecule has 1 nitrogen and oxygen atoms in total. The molecule has 0 aromatic rings. The summed E-state index contributed by atoms with van der Waals surface area (Å²) in [6, 6.07) is 0.